The van der Waals surface area contributed by atoms with Gasteiger partial charge in [-0.3, -0.25) is 19.0 Å². The average Bonchev–Trinajstić information content (AvgIpc) is 2.43. The molecule has 0 aliphatic carbocycles. The fourth-order valence-electron chi connectivity index (χ4n) is 1.71. The normalized spacial score (nSPS) is 10.4. The molecule has 1 aromatic carbocycles. The van der Waals surface area contributed by atoms with Crippen LogP contribution in [0.3, 0.4) is 0 Å². The first-order valence-corrected chi connectivity index (χ1v) is 5.99. The first-order valence-electron chi connectivity index (χ1n) is 5.99. The van der Waals surface area contributed by atoms with E-state index in [0.29, 0.717) is 0 Å². The number of hydrogen-bond acceptors (Lipinski definition) is 4. The van der Waals surface area contributed by atoms with Crippen molar-refractivity contribution >= 4 is 17.3 Å². The number of aromatic nitrogens is 2. The van der Waals surface area contributed by atoms with Gasteiger partial charge in [0.1, 0.15) is 12.4 Å². The van der Waals surface area contributed by atoms with Crippen LogP contribution in [0, 0.1) is 5.82 Å². The maximum absolute atomic E-state index is 12.9. The zero-order valence-corrected chi connectivity index (χ0v) is 11.2. The van der Waals surface area contributed by atoms with Gasteiger partial charge in [-0.25, -0.2) is 4.39 Å². The summed E-state index contributed by atoms with van der Waals surface area (Å²) < 4.78 is 15.0. The van der Waals surface area contributed by atoms with Gasteiger partial charge in [-0.05, 0) is 18.2 Å². The summed E-state index contributed by atoms with van der Waals surface area (Å²) in [6.45, 7) is -0.342. The maximum atomic E-state index is 12.9. The fraction of sp³-hybridized carbons (Fsp3) is 0.154. The van der Waals surface area contributed by atoms with Gasteiger partial charge in [0.2, 0.25) is 5.91 Å². The zero-order valence-electron chi connectivity index (χ0n) is 11.2. The van der Waals surface area contributed by atoms with Gasteiger partial charge in [-0.1, -0.05) is 0 Å². The Morgan fingerprint density at radius 3 is 2.67 bits per heavy atom. The average molecular weight is 292 g/mol. The minimum atomic E-state index is -0.803. The highest BCUT2D eigenvalue weighted by atomic mass is 19.1. The van der Waals surface area contributed by atoms with Crippen LogP contribution in [0.5, 0.6) is 0 Å². The molecule has 110 valence electrons. The molecule has 1 heterocycles. The zero-order chi connectivity index (χ0) is 15.6. The Kier molecular flexibility index (Phi) is 3.88. The van der Waals surface area contributed by atoms with Gasteiger partial charge in [0.15, 0.2) is 0 Å². The Morgan fingerprint density at radius 2 is 2.00 bits per heavy atom. The van der Waals surface area contributed by atoms with Crippen LogP contribution in [-0.4, -0.2) is 15.0 Å². The quantitative estimate of drug-likeness (QED) is 0.610. The molecule has 0 aliphatic heterocycles. The molecule has 1 aromatic heterocycles. The van der Waals surface area contributed by atoms with E-state index in [1.54, 1.807) is 0 Å². The lowest BCUT2D eigenvalue weighted by molar-refractivity contribution is -0.116. The van der Waals surface area contributed by atoms with Gasteiger partial charge >= 0.3 is 11.1 Å². The Morgan fingerprint density at radius 1 is 1.29 bits per heavy atom. The van der Waals surface area contributed by atoms with Crippen LogP contribution in [0.4, 0.5) is 15.8 Å². The highest BCUT2D eigenvalue weighted by molar-refractivity contribution is 5.93. The van der Waals surface area contributed by atoms with Gasteiger partial charge in [-0.2, -0.15) is 0 Å². The van der Waals surface area contributed by atoms with E-state index in [1.807, 2.05) is 0 Å². The number of halogens is 1. The molecule has 2 aromatic rings. The summed E-state index contributed by atoms with van der Waals surface area (Å²) in [4.78, 5) is 35.0. The minimum absolute atomic E-state index is 0.0691. The lowest BCUT2D eigenvalue weighted by Gasteiger charge is -2.09. The lowest BCUT2D eigenvalue weighted by Crippen LogP contribution is -2.41. The molecular weight excluding hydrogens is 279 g/mol. The Labute approximate surface area is 118 Å². The molecule has 8 heteroatoms. The van der Waals surface area contributed by atoms with Crippen molar-refractivity contribution in [2.24, 2.45) is 7.05 Å². The summed E-state index contributed by atoms with van der Waals surface area (Å²) in [6, 6.07) is 3.53. The third kappa shape index (κ3) is 3.16. The molecule has 0 bridgehead atoms. The summed E-state index contributed by atoms with van der Waals surface area (Å²) in [5.74, 6) is -1.07. The number of nitrogen functional groups attached to an aromatic ring is 1. The van der Waals surface area contributed by atoms with E-state index in [9.17, 15) is 18.8 Å². The number of carbonyl (C=O) groups excluding carboxylic acids is 1. The number of nitrogens with one attached hydrogen (secondary N) is 1. The molecule has 0 fully saturated rings. The second kappa shape index (κ2) is 5.61. The van der Waals surface area contributed by atoms with Gasteiger partial charge in [-0.15, -0.1) is 0 Å². The van der Waals surface area contributed by atoms with Crippen molar-refractivity contribution in [2.75, 3.05) is 11.1 Å². The summed E-state index contributed by atoms with van der Waals surface area (Å²) in [5.41, 5.74) is 4.33. The van der Waals surface area contributed by atoms with Crippen molar-refractivity contribution in [3.8, 4) is 0 Å². The van der Waals surface area contributed by atoms with Crippen LogP contribution in [0.25, 0.3) is 0 Å². The van der Waals surface area contributed by atoms with Crippen LogP contribution in [0.1, 0.15) is 0 Å². The van der Waals surface area contributed by atoms with Crippen molar-refractivity contribution in [1.29, 1.82) is 0 Å². The molecule has 0 unspecified atom stereocenters. The van der Waals surface area contributed by atoms with Crippen molar-refractivity contribution in [1.82, 2.24) is 9.13 Å². The van der Waals surface area contributed by atoms with Gasteiger partial charge < -0.3 is 15.6 Å². The number of nitrogens with two attached hydrogens (primary N) is 1. The van der Waals surface area contributed by atoms with Crippen LogP contribution in [0.2, 0.25) is 0 Å². The number of nitrogens with zero attached hydrogens (tertiary/aromatic N) is 2. The fourth-order valence-corrected chi connectivity index (χ4v) is 1.71. The van der Waals surface area contributed by atoms with E-state index in [2.05, 4.69) is 5.32 Å². The van der Waals surface area contributed by atoms with E-state index in [0.717, 1.165) is 21.3 Å². The maximum Gasteiger partial charge on any atom is 0.316 e. The SMILES string of the molecule is Cn1ccn(CC(=O)Nc2ccc(F)cc2N)c(=O)c1=O. The molecule has 2 rings (SSSR count). The number of carbonyl (C=O) groups is 1. The largest absolute Gasteiger partial charge is 0.397 e. The second-order valence-corrected chi connectivity index (χ2v) is 4.43. The van der Waals surface area contributed by atoms with Crippen molar-refractivity contribution in [2.45, 2.75) is 6.54 Å². The number of anilines is 2. The van der Waals surface area contributed by atoms with E-state index in [-0.39, 0.29) is 17.9 Å². The predicted molar refractivity (Wildman–Crippen MR) is 75.4 cm³/mol. The van der Waals surface area contributed by atoms with E-state index < -0.39 is 22.8 Å². The summed E-state index contributed by atoms with van der Waals surface area (Å²) in [6.07, 6.45) is 2.71. The molecule has 1 amide bonds. The summed E-state index contributed by atoms with van der Waals surface area (Å²) in [7, 11) is 1.44. The lowest BCUT2D eigenvalue weighted by atomic mass is 10.2. The number of amides is 1. The molecule has 0 aliphatic rings. The molecule has 0 saturated carbocycles. The Balaban J connectivity index is 2.18. The first kappa shape index (κ1) is 14.5. The van der Waals surface area contributed by atoms with Crippen LogP contribution >= 0.6 is 0 Å². The molecule has 3 N–H and O–H groups in total. The Hall–Kier alpha value is -2.90. The van der Waals surface area contributed by atoms with Crippen LogP contribution in [-0.2, 0) is 18.4 Å². The van der Waals surface area contributed by atoms with Crippen LogP contribution < -0.4 is 22.2 Å². The van der Waals surface area contributed by atoms with E-state index >= 15 is 0 Å². The Bertz CT molecular complexity index is 810. The van der Waals surface area contributed by atoms with Crippen LogP contribution in [0.15, 0.2) is 40.2 Å². The second-order valence-electron chi connectivity index (χ2n) is 4.43. The molecule has 0 spiro atoms. The topological polar surface area (TPSA) is 99.1 Å². The monoisotopic (exact) mass is 292 g/mol. The highest BCUT2D eigenvalue weighted by Gasteiger charge is 2.09. The number of aryl methyl sites for hydroxylation is 1. The molecule has 0 radical (unpaired) electrons. The molecular formula is C13H13FN4O3. The van der Waals surface area contributed by atoms with Gasteiger partial charge in [0.25, 0.3) is 0 Å². The van der Waals surface area contributed by atoms with Crippen molar-refractivity contribution < 1.29 is 9.18 Å². The van der Waals surface area contributed by atoms with Crippen molar-refractivity contribution in [3.05, 3.63) is 57.1 Å². The van der Waals surface area contributed by atoms with Crippen molar-refractivity contribution in [3.63, 3.8) is 0 Å². The van der Waals surface area contributed by atoms with E-state index in [1.165, 1.54) is 25.5 Å². The third-order valence-electron chi connectivity index (χ3n) is 2.84. The molecule has 0 atom stereocenters. The molecule has 21 heavy (non-hydrogen) atoms. The summed E-state index contributed by atoms with van der Waals surface area (Å²) in [5, 5.41) is 2.45. The smallest absolute Gasteiger partial charge is 0.316 e. The van der Waals surface area contributed by atoms with E-state index in [4.69, 9.17) is 5.73 Å². The molecule has 0 saturated heterocycles. The predicted octanol–water partition coefficient (Wildman–Crippen LogP) is -0.0930. The standard InChI is InChI=1S/C13H13FN4O3/c1-17-4-5-18(13(21)12(17)20)7-11(19)16-10-3-2-8(14)6-9(10)15/h2-6H,7,15H2,1H3,(H,16,19). The third-order valence-corrected chi connectivity index (χ3v) is 2.84. The van der Waals surface area contributed by atoms with Gasteiger partial charge in [0, 0.05) is 19.4 Å². The first-order chi connectivity index (χ1) is 9.88. The highest BCUT2D eigenvalue weighted by Crippen LogP contribution is 2.18. The number of benzene rings is 1. The summed E-state index contributed by atoms with van der Waals surface area (Å²) >= 11 is 0. The number of rotatable bonds is 3. The minimum Gasteiger partial charge on any atom is -0.397 e. The van der Waals surface area contributed by atoms with Gasteiger partial charge in [0.05, 0.1) is 11.4 Å². The molecule has 7 nitrogen and oxygen atoms in total. The number of hydrogen-bond donors (Lipinski definition) is 2.